The summed E-state index contributed by atoms with van der Waals surface area (Å²) in [5.74, 6) is -0.674. The largest absolute Gasteiger partial charge is 0.456 e. The van der Waals surface area contributed by atoms with Gasteiger partial charge < -0.3 is 25.1 Å². The molecule has 0 saturated carbocycles. The normalized spacial score (nSPS) is 27.3. The molecule has 0 spiro atoms. The van der Waals surface area contributed by atoms with Gasteiger partial charge >= 0.3 is 11.9 Å². The summed E-state index contributed by atoms with van der Waals surface area (Å²) in [6.45, 7) is 5.99. The highest BCUT2D eigenvalue weighted by Crippen LogP contribution is 2.47. The molecular formula is C15H18N4O6S. The van der Waals surface area contributed by atoms with Crippen LogP contribution in [-0.4, -0.2) is 58.2 Å². The minimum Gasteiger partial charge on any atom is -0.456 e. The van der Waals surface area contributed by atoms with Gasteiger partial charge in [-0.25, -0.2) is 4.98 Å². The molecule has 0 aromatic carbocycles. The maximum Gasteiger partial charge on any atom is 0.303 e. The number of nitrogens with two attached hydrogens (primary N) is 1. The molecule has 0 aliphatic carbocycles. The summed E-state index contributed by atoms with van der Waals surface area (Å²) in [5.41, 5.74) is 5.68. The van der Waals surface area contributed by atoms with Gasteiger partial charge in [-0.1, -0.05) is 18.3 Å². The Balaban J connectivity index is 1.99. The lowest BCUT2D eigenvalue weighted by atomic mass is 10.1. The van der Waals surface area contributed by atoms with Crippen molar-refractivity contribution in [1.29, 1.82) is 0 Å². The number of aliphatic hydroxyl groups is 1. The molecule has 0 unspecified atom stereocenters. The van der Waals surface area contributed by atoms with Crippen LogP contribution in [0.5, 0.6) is 0 Å². The fourth-order valence-corrected chi connectivity index (χ4v) is 3.77. The molecule has 2 aliphatic rings. The van der Waals surface area contributed by atoms with Gasteiger partial charge in [0.2, 0.25) is 5.95 Å². The van der Waals surface area contributed by atoms with Crippen LogP contribution in [0.3, 0.4) is 0 Å². The highest BCUT2D eigenvalue weighted by Gasteiger charge is 2.53. The fraction of sp³-hybridized carbons (Fsp3) is 0.467. The molecule has 4 atom stereocenters. The third-order valence-electron chi connectivity index (χ3n) is 3.80. The summed E-state index contributed by atoms with van der Waals surface area (Å²) in [6.07, 6.45) is -2.21. The number of carbonyl (C=O) groups is 2. The zero-order valence-electron chi connectivity index (χ0n) is 14.1. The molecule has 1 aromatic heterocycles. The third kappa shape index (κ3) is 3.32. The van der Waals surface area contributed by atoms with Crippen molar-refractivity contribution < 1.29 is 28.9 Å². The van der Waals surface area contributed by atoms with Gasteiger partial charge in [0, 0.05) is 20.0 Å². The maximum atomic E-state index is 11.6. The Hall–Kier alpha value is -2.37. The second-order valence-electron chi connectivity index (χ2n) is 5.68. The van der Waals surface area contributed by atoms with Crippen LogP contribution in [0.4, 0.5) is 11.8 Å². The number of hydrogen-bond acceptors (Lipinski definition) is 11. The summed E-state index contributed by atoms with van der Waals surface area (Å²) in [5, 5.41) is 10.2. The van der Waals surface area contributed by atoms with E-state index in [-0.39, 0.29) is 5.95 Å². The van der Waals surface area contributed by atoms with Crippen molar-refractivity contribution in [1.82, 2.24) is 9.97 Å². The highest BCUT2D eigenvalue weighted by molar-refractivity contribution is 8.03. The quantitative estimate of drug-likeness (QED) is 0.682. The topological polar surface area (TPSA) is 137 Å². The van der Waals surface area contributed by atoms with Crippen molar-refractivity contribution in [2.45, 2.75) is 43.3 Å². The Morgan fingerprint density at radius 2 is 2.04 bits per heavy atom. The lowest BCUT2D eigenvalue weighted by molar-refractivity contribution is -0.164. The van der Waals surface area contributed by atoms with Crippen molar-refractivity contribution in [3.05, 3.63) is 17.8 Å². The molecule has 1 aromatic rings. The van der Waals surface area contributed by atoms with E-state index in [4.69, 9.17) is 19.9 Å². The molecule has 2 aliphatic heterocycles. The number of ether oxygens (including phenoxy) is 3. The van der Waals surface area contributed by atoms with Gasteiger partial charge in [-0.2, -0.15) is 4.98 Å². The number of hydrogen-bond donors (Lipinski definition) is 2. The van der Waals surface area contributed by atoms with Crippen LogP contribution in [0, 0.1) is 0 Å². The monoisotopic (exact) mass is 382 g/mol. The van der Waals surface area contributed by atoms with E-state index in [2.05, 4.69) is 16.5 Å². The number of aromatic nitrogens is 2. The zero-order chi connectivity index (χ0) is 19.0. The molecule has 10 nitrogen and oxygen atoms in total. The van der Waals surface area contributed by atoms with Crippen molar-refractivity contribution in [3.8, 4) is 0 Å². The Labute approximate surface area is 153 Å². The van der Waals surface area contributed by atoms with E-state index in [1.807, 2.05) is 0 Å². The number of thioether (sulfide) groups is 1. The van der Waals surface area contributed by atoms with Gasteiger partial charge in [0.1, 0.15) is 6.10 Å². The van der Waals surface area contributed by atoms with Crippen LogP contribution in [0.15, 0.2) is 22.7 Å². The smallest absolute Gasteiger partial charge is 0.303 e. The molecule has 0 bridgehead atoms. The number of aliphatic hydroxyl groups excluding tert-OH is 1. The van der Waals surface area contributed by atoms with Crippen LogP contribution in [0.1, 0.15) is 13.8 Å². The molecule has 3 heterocycles. The Morgan fingerprint density at radius 3 is 2.65 bits per heavy atom. The molecule has 3 N–H and O–H groups in total. The Bertz CT molecular complexity index is 760. The number of rotatable bonds is 4. The number of esters is 2. The molecular weight excluding hydrogens is 364 g/mol. The molecule has 11 heteroatoms. The van der Waals surface area contributed by atoms with E-state index in [0.29, 0.717) is 15.7 Å². The number of nitrogens with zero attached hydrogens (tertiary/aromatic N) is 3. The molecule has 0 amide bonds. The Morgan fingerprint density at radius 1 is 1.38 bits per heavy atom. The number of fused-ring (bicyclic) bond motifs is 1. The first-order chi connectivity index (χ1) is 12.3. The van der Waals surface area contributed by atoms with Crippen LogP contribution < -0.4 is 10.6 Å². The van der Waals surface area contributed by atoms with E-state index in [9.17, 15) is 14.7 Å². The van der Waals surface area contributed by atoms with E-state index in [0.717, 1.165) is 0 Å². The van der Waals surface area contributed by atoms with E-state index >= 15 is 0 Å². The molecule has 1 fully saturated rings. The first kappa shape index (κ1) is 18.4. The average Bonchev–Trinajstić information content (AvgIpc) is 3.03. The van der Waals surface area contributed by atoms with Crippen LogP contribution in [0.25, 0.3) is 0 Å². The zero-order valence-corrected chi connectivity index (χ0v) is 14.9. The third-order valence-corrected chi connectivity index (χ3v) is 4.74. The second-order valence-corrected chi connectivity index (χ2v) is 6.79. The van der Waals surface area contributed by atoms with Gasteiger partial charge in [-0.15, -0.1) is 0 Å². The summed E-state index contributed by atoms with van der Waals surface area (Å²) < 4.78 is 16.4. The molecule has 1 saturated heterocycles. The maximum absolute atomic E-state index is 11.6. The number of carbonyl (C=O) groups excluding carboxylic acids is 2. The average molecular weight is 382 g/mol. The van der Waals surface area contributed by atoms with E-state index in [1.165, 1.54) is 25.6 Å². The molecule has 140 valence electrons. The van der Waals surface area contributed by atoms with Crippen molar-refractivity contribution in [2.24, 2.45) is 0 Å². The summed E-state index contributed by atoms with van der Waals surface area (Å²) >= 11 is 1.30. The number of anilines is 2. The SMILES string of the molecule is C=C1Sc2cnc(N)nc2N1[C@@H]1O[C@H](CO)[C@@H](OC(C)=O)[C@H]1OC(C)=O. The van der Waals surface area contributed by atoms with Crippen molar-refractivity contribution in [2.75, 3.05) is 17.2 Å². The van der Waals surface area contributed by atoms with Gasteiger partial charge in [0.25, 0.3) is 0 Å². The van der Waals surface area contributed by atoms with Gasteiger partial charge in [-0.3, -0.25) is 14.5 Å². The van der Waals surface area contributed by atoms with Crippen LogP contribution in [0.2, 0.25) is 0 Å². The number of nitrogen functional groups attached to an aromatic ring is 1. The predicted molar refractivity (Wildman–Crippen MR) is 90.8 cm³/mol. The van der Waals surface area contributed by atoms with E-state index in [1.54, 1.807) is 11.1 Å². The van der Waals surface area contributed by atoms with Gasteiger partial charge in [0.15, 0.2) is 24.3 Å². The summed E-state index contributed by atoms with van der Waals surface area (Å²) in [6, 6.07) is 0. The van der Waals surface area contributed by atoms with Gasteiger partial charge in [-0.05, 0) is 0 Å². The predicted octanol–water partition coefficient (Wildman–Crippen LogP) is 0.0227. The highest BCUT2D eigenvalue weighted by atomic mass is 32.2. The summed E-state index contributed by atoms with van der Waals surface area (Å²) in [7, 11) is 0. The fourth-order valence-electron chi connectivity index (χ4n) is 2.89. The standard InChI is InChI=1S/C15H18N4O6S/c1-6-19(13-10(26-6)4-17-15(16)18-13)14-12(24-8(3)22)11(23-7(2)21)9(5-20)25-14/h4,9,11-12,14,20H,1,5H2,2-3H3,(H2,16,17,18)/t9-,11-,12-,14-/m1/s1. The first-order valence-electron chi connectivity index (χ1n) is 7.71. The lowest BCUT2D eigenvalue weighted by Crippen LogP contribution is -2.46. The van der Waals surface area contributed by atoms with Crippen molar-refractivity contribution >= 4 is 35.5 Å². The van der Waals surface area contributed by atoms with Gasteiger partial charge in [0.05, 0.1) is 16.5 Å². The first-order valence-corrected chi connectivity index (χ1v) is 8.52. The molecule has 3 rings (SSSR count). The van der Waals surface area contributed by atoms with Crippen LogP contribution in [-0.2, 0) is 23.8 Å². The molecule has 0 radical (unpaired) electrons. The van der Waals surface area contributed by atoms with Crippen molar-refractivity contribution in [3.63, 3.8) is 0 Å². The lowest BCUT2D eigenvalue weighted by Gasteiger charge is -2.30. The Kier molecular flexibility index (Phi) is 5.03. The minimum atomic E-state index is -0.993. The van der Waals surface area contributed by atoms with E-state index < -0.39 is 43.1 Å². The second kappa shape index (κ2) is 7.09. The van der Waals surface area contributed by atoms with Crippen LogP contribution >= 0.6 is 11.8 Å². The minimum absolute atomic E-state index is 0.0568. The summed E-state index contributed by atoms with van der Waals surface area (Å²) in [4.78, 5) is 33.5. The molecule has 26 heavy (non-hydrogen) atoms.